The molecule has 0 aliphatic heterocycles. The van der Waals surface area contributed by atoms with Crippen molar-refractivity contribution in [2.24, 2.45) is 0 Å². The molecule has 0 saturated heterocycles. The van der Waals surface area contributed by atoms with Crippen molar-refractivity contribution in [1.82, 2.24) is 0 Å². The van der Waals surface area contributed by atoms with E-state index in [4.69, 9.17) is 10.4 Å². The monoisotopic (exact) mass is 261 g/mol. The van der Waals surface area contributed by atoms with Crippen LogP contribution in [-0.4, -0.2) is 28.6 Å². The van der Waals surface area contributed by atoms with Gasteiger partial charge < -0.3 is 10.0 Å². The van der Waals surface area contributed by atoms with E-state index in [0.29, 0.717) is 0 Å². The molecule has 0 radical (unpaired) electrons. The number of nitrogens with zero attached hydrogens (tertiary/aromatic N) is 3. The van der Waals surface area contributed by atoms with Crippen molar-refractivity contribution in [1.29, 1.82) is 5.26 Å². The molecule has 0 bridgehead atoms. The fourth-order valence-electron chi connectivity index (χ4n) is 1.99. The number of hydrogen-bond donors (Lipinski definition) is 1. The first-order chi connectivity index (χ1) is 9.04. The summed E-state index contributed by atoms with van der Waals surface area (Å²) in [7, 11) is 0. The summed E-state index contributed by atoms with van der Waals surface area (Å²) in [5, 5.41) is 28.9. The Labute approximate surface area is 108 Å². The molecule has 0 atom stereocenters. The molecule has 0 aromatic heterocycles. The van der Waals surface area contributed by atoms with Crippen molar-refractivity contribution in [3.05, 3.63) is 33.9 Å². The number of para-hydroxylation sites is 1. The fraction of sp³-hybridized carbons (Fsp3) is 0.333. The lowest BCUT2D eigenvalue weighted by molar-refractivity contribution is -0.384. The number of anilines is 1. The molecule has 7 nitrogen and oxygen atoms in total. The molecule has 0 amide bonds. The summed E-state index contributed by atoms with van der Waals surface area (Å²) >= 11 is 0. The number of benzene rings is 1. The highest BCUT2D eigenvalue weighted by molar-refractivity contribution is 5.78. The number of carbonyl (C=O) groups is 1. The van der Waals surface area contributed by atoms with Crippen LogP contribution in [-0.2, 0) is 4.79 Å². The van der Waals surface area contributed by atoms with Gasteiger partial charge in [-0.05, 0) is 25.0 Å². The Kier molecular flexibility index (Phi) is 3.33. The molecule has 2 rings (SSSR count). The minimum Gasteiger partial charge on any atom is -0.480 e. The maximum absolute atomic E-state index is 11.1. The number of carboxylic acids is 1. The van der Waals surface area contributed by atoms with E-state index in [2.05, 4.69) is 0 Å². The van der Waals surface area contributed by atoms with E-state index in [1.54, 1.807) is 6.07 Å². The predicted molar refractivity (Wildman–Crippen MR) is 65.8 cm³/mol. The molecule has 1 aromatic carbocycles. The summed E-state index contributed by atoms with van der Waals surface area (Å²) in [4.78, 5) is 22.8. The molecular formula is C12H11N3O4. The van der Waals surface area contributed by atoms with Crippen molar-refractivity contribution in [3.8, 4) is 6.07 Å². The van der Waals surface area contributed by atoms with Gasteiger partial charge in [-0.1, -0.05) is 6.07 Å². The lowest BCUT2D eigenvalue weighted by Crippen LogP contribution is -2.32. The summed E-state index contributed by atoms with van der Waals surface area (Å²) in [5.41, 5.74) is -0.175. The van der Waals surface area contributed by atoms with Crippen molar-refractivity contribution in [2.75, 3.05) is 11.4 Å². The third-order valence-electron chi connectivity index (χ3n) is 2.92. The Morgan fingerprint density at radius 3 is 2.74 bits per heavy atom. The second-order valence-electron chi connectivity index (χ2n) is 4.30. The Morgan fingerprint density at radius 1 is 1.58 bits per heavy atom. The molecule has 1 aromatic rings. The summed E-state index contributed by atoms with van der Waals surface area (Å²) in [6.45, 7) is -0.305. The van der Waals surface area contributed by atoms with Crippen LogP contribution >= 0.6 is 0 Å². The first kappa shape index (κ1) is 12.8. The smallest absolute Gasteiger partial charge is 0.323 e. The molecular weight excluding hydrogens is 250 g/mol. The van der Waals surface area contributed by atoms with Gasteiger partial charge in [0, 0.05) is 6.04 Å². The number of aliphatic carboxylic acids is 1. The highest BCUT2D eigenvalue weighted by Crippen LogP contribution is 2.38. The average molecular weight is 261 g/mol. The first-order valence-corrected chi connectivity index (χ1v) is 5.70. The molecule has 19 heavy (non-hydrogen) atoms. The van der Waals surface area contributed by atoms with Gasteiger partial charge >= 0.3 is 11.7 Å². The maximum Gasteiger partial charge on any atom is 0.323 e. The van der Waals surface area contributed by atoms with Crippen LogP contribution in [0.3, 0.4) is 0 Å². The SMILES string of the molecule is N#Cc1cccc(N(CC(=O)O)C2CC2)c1[N+](=O)[O-]. The van der Waals surface area contributed by atoms with Gasteiger partial charge in [0.15, 0.2) is 0 Å². The molecule has 98 valence electrons. The summed E-state index contributed by atoms with van der Waals surface area (Å²) in [6.07, 6.45) is 1.61. The van der Waals surface area contributed by atoms with Crippen LogP contribution in [0.2, 0.25) is 0 Å². The third-order valence-corrected chi connectivity index (χ3v) is 2.92. The Balaban J connectivity index is 2.50. The van der Waals surface area contributed by atoms with Crippen LogP contribution in [0.5, 0.6) is 0 Å². The minimum atomic E-state index is -1.05. The van der Waals surface area contributed by atoms with Crippen molar-refractivity contribution >= 4 is 17.3 Å². The Bertz CT molecular complexity index is 575. The van der Waals surface area contributed by atoms with Gasteiger partial charge in [0.25, 0.3) is 0 Å². The number of nitro groups is 1. The van der Waals surface area contributed by atoms with Gasteiger partial charge in [-0.15, -0.1) is 0 Å². The van der Waals surface area contributed by atoms with Gasteiger partial charge in [0.2, 0.25) is 0 Å². The molecule has 1 fully saturated rings. The van der Waals surface area contributed by atoms with E-state index >= 15 is 0 Å². The van der Waals surface area contributed by atoms with Gasteiger partial charge in [-0.25, -0.2) is 0 Å². The van der Waals surface area contributed by atoms with Crippen molar-refractivity contribution in [2.45, 2.75) is 18.9 Å². The van der Waals surface area contributed by atoms with Crippen LogP contribution in [0.15, 0.2) is 18.2 Å². The zero-order chi connectivity index (χ0) is 14.0. The van der Waals surface area contributed by atoms with Crippen LogP contribution in [0, 0.1) is 21.4 Å². The molecule has 1 aliphatic carbocycles. The topological polar surface area (TPSA) is 107 Å². The standard InChI is InChI=1S/C12H11N3O4/c13-6-8-2-1-3-10(12(8)15(18)19)14(7-11(16)17)9-4-5-9/h1-3,9H,4-5,7H2,(H,16,17). The van der Waals surface area contributed by atoms with Gasteiger partial charge in [0.05, 0.1) is 4.92 Å². The molecule has 1 N–H and O–H groups in total. The third kappa shape index (κ3) is 2.63. The Hall–Kier alpha value is -2.62. The van der Waals surface area contributed by atoms with Gasteiger partial charge in [-0.3, -0.25) is 14.9 Å². The van der Waals surface area contributed by atoms with Crippen LogP contribution in [0.1, 0.15) is 18.4 Å². The fourth-order valence-corrected chi connectivity index (χ4v) is 1.99. The molecule has 0 heterocycles. The lowest BCUT2D eigenvalue weighted by atomic mass is 10.1. The average Bonchev–Trinajstić information content (AvgIpc) is 3.18. The quantitative estimate of drug-likeness (QED) is 0.636. The van der Waals surface area contributed by atoms with E-state index in [1.807, 2.05) is 0 Å². The lowest BCUT2D eigenvalue weighted by Gasteiger charge is -2.22. The molecule has 7 heteroatoms. The van der Waals surface area contributed by atoms with Crippen molar-refractivity contribution < 1.29 is 14.8 Å². The number of carboxylic acid groups (broad SMARTS) is 1. The first-order valence-electron chi connectivity index (χ1n) is 5.70. The normalized spacial score (nSPS) is 13.6. The summed E-state index contributed by atoms with van der Waals surface area (Å²) < 4.78 is 0. The maximum atomic E-state index is 11.1. The molecule has 1 saturated carbocycles. The van der Waals surface area contributed by atoms with Gasteiger partial charge in [-0.2, -0.15) is 5.26 Å². The second kappa shape index (κ2) is 4.94. The minimum absolute atomic E-state index is 0.00347. The number of nitro benzene ring substituents is 1. The van der Waals surface area contributed by atoms with E-state index < -0.39 is 10.9 Å². The molecule has 0 unspecified atom stereocenters. The van der Waals surface area contributed by atoms with Gasteiger partial charge in [0.1, 0.15) is 23.9 Å². The van der Waals surface area contributed by atoms with Crippen LogP contribution in [0.4, 0.5) is 11.4 Å². The number of hydrogen-bond acceptors (Lipinski definition) is 5. The van der Waals surface area contributed by atoms with E-state index in [1.165, 1.54) is 23.1 Å². The zero-order valence-corrected chi connectivity index (χ0v) is 9.94. The van der Waals surface area contributed by atoms with Crippen molar-refractivity contribution in [3.63, 3.8) is 0 Å². The Morgan fingerprint density at radius 2 is 2.26 bits per heavy atom. The largest absolute Gasteiger partial charge is 0.480 e. The summed E-state index contributed by atoms with van der Waals surface area (Å²) in [5.74, 6) is -1.05. The predicted octanol–water partition coefficient (Wildman–Crippen LogP) is 1.52. The highest BCUT2D eigenvalue weighted by Gasteiger charge is 2.35. The molecule has 1 aliphatic rings. The molecule has 0 spiro atoms. The van der Waals surface area contributed by atoms with E-state index in [9.17, 15) is 14.9 Å². The number of nitriles is 1. The second-order valence-corrected chi connectivity index (χ2v) is 4.30. The summed E-state index contributed by atoms with van der Waals surface area (Å²) in [6, 6.07) is 6.14. The van der Waals surface area contributed by atoms with Crippen LogP contribution in [0.25, 0.3) is 0 Å². The zero-order valence-electron chi connectivity index (χ0n) is 9.94. The van der Waals surface area contributed by atoms with E-state index in [0.717, 1.165) is 12.8 Å². The highest BCUT2D eigenvalue weighted by atomic mass is 16.6. The van der Waals surface area contributed by atoms with Crippen LogP contribution < -0.4 is 4.90 Å². The van der Waals surface area contributed by atoms with E-state index in [-0.39, 0.29) is 29.5 Å². The number of rotatable bonds is 5.